The predicted molar refractivity (Wildman–Crippen MR) is 74.6 cm³/mol. The lowest BCUT2D eigenvalue weighted by molar-refractivity contribution is -0.154. The molecule has 1 aliphatic carbocycles. The molecule has 1 aromatic rings. The quantitative estimate of drug-likeness (QED) is 0.839. The van der Waals surface area contributed by atoms with Gasteiger partial charge in [0, 0.05) is 0 Å². The van der Waals surface area contributed by atoms with Crippen molar-refractivity contribution in [3.05, 3.63) is 23.8 Å². The minimum Gasteiger partial charge on any atom is -0.495 e. The Hall–Kier alpha value is -2.04. The van der Waals surface area contributed by atoms with Crippen LogP contribution in [0.1, 0.15) is 25.3 Å². The zero-order valence-corrected chi connectivity index (χ0v) is 11.9. The monoisotopic (exact) mass is 277 g/mol. The molecule has 0 aromatic heterocycles. The number of nitrogens with one attached hydrogen (secondary N) is 1. The summed E-state index contributed by atoms with van der Waals surface area (Å²) in [5.74, 6) is -0.0878. The molecule has 0 bridgehead atoms. The molecular formula is C15H19NO4. The third-order valence-corrected chi connectivity index (χ3v) is 3.19. The van der Waals surface area contributed by atoms with Crippen molar-refractivity contribution in [3.63, 3.8) is 0 Å². The molecule has 20 heavy (non-hydrogen) atoms. The van der Waals surface area contributed by atoms with E-state index < -0.39 is 6.10 Å². The number of hydrogen-bond donors (Lipinski definition) is 1. The zero-order valence-electron chi connectivity index (χ0n) is 11.9. The molecule has 1 saturated carbocycles. The molecule has 108 valence electrons. The fraction of sp³-hybridized carbons (Fsp3) is 0.467. The van der Waals surface area contributed by atoms with Crippen molar-refractivity contribution < 1.29 is 19.1 Å². The van der Waals surface area contributed by atoms with Crippen LogP contribution in [-0.2, 0) is 14.3 Å². The Morgan fingerprint density at radius 1 is 1.35 bits per heavy atom. The van der Waals surface area contributed by atoms with Gasteiger partial charge in [0.2, 0.25) is 0 Å². The zero-order chi connectivity index (χ0) is 14.7. The Balaban J connectivity index is 1.99. The highest BCUT2D eigenvalue weighted by Gasteiger charge is 2.33. The average molecular weight is 277 g/mol. The first-order valence-corrected chi connectivity index (χ1v) is 6.67. The number of anilines is 1. The Morgan fingerprint density at radius 3 is 2.65 bits per heavy atom. The van der Waals surface area contributed by atoms with Crippen LogP contribution in [0.25, 0.3) is 0 Å². The van der Waals surface area contributed by atoms with Gasteiger partial charge in [0.25, 0.3) is 5.91 Å². The van der Waals surface area contributed by atoms with Crippen molar-refractivity contribution in [1.29, 1.82) is 0 Å². The molecule has 1 aromatic carbocycles. The van der Waals surface area contributed by atoms with E-state index in [4.69, 9.17) is 9.47 Å². The van der Waals surface area contributed by atoms with Crippen LogP contribution in [0.4, 0.5) is 5.69 Å². The van der Waals surface area contributed by atoms with Gasteiger partial charge in [-0.3, -0.25) is 9.59 Å². The standard InChI is InChI=1S/C15H19NO4/c1-9-4-7-13(19-3)12(8-9)16-14(17)10(2)20-15(18)11-5-6-11/h4,7-8,10-11H,5-6H2,1-3H3,(H,16,17)/t10-/m0/s1. The summed E-state index contributed by atoms with van der Waals surface area (Å²) in [6.45, 7) is 3.49. The summed E-state index contributed by atoms with van der Waals surface area (Å²) in [7, 11) is 1.54. The van der Waals surface area contributed by atoms with E-state index in [1.54, 1.807) is 13.0 Å². The Kier molecular flexibility index (Phi) is 4.27. The molecule has 5 nitrogen and oxygen atoms in total. The van der Waals surface area contributed by atoms with Crippen LogP contribution in [0, 0.1) is 12.8 Å². The van der Waals surface area contributed by atoms with Crippen molar-refractivity contribution in [2.45, 2.75) is 32.8 Å². The smallest absolute Gasteiger partial charge is 0.309 e. The lowest BCUT2D eigenvalue weighted by Crippen LogP contribution is -2.30. The van der Waals surface area contributed by atoms with Crippen LogP contribution in [0.2, 0.25) is 0 Å². The molecule has 2 rings (SSSR count). The van der Waals surface area contributed by atoms with Crippen molar-refractivity contribution in [3.8, 4) is 5.75 Å². The largest absolute Gasteiger partial charge is 0.495 e. The van der Waals surface area contributed by atoms with E-state index in [0.717, 1.165) is 18.4 Å². The van der Waals surface area contributed by atoms with Gasteiger partial charge in [0.05, 0.1) is 18.7 Å². The molecule has 1 fully saturated rings. The number of rotatable bonds is 5. The number of amides is 1. The number of ether oxygens (including phenoxy) is 2. The van der Waals surface area contributed by atoms with Crippen molar-refractivity contribution >= 4 is 17.6 Å². The summed E-state index contributed by atoms with van der Waals surface area (Å²) >= 11 is 0. The highest BCUT2D eigenvalue weighted by molar-refractivity contribution is 5.96. The van der Waals surface area contributed by atoms with Crippen molar-refractivity contribution in [1.82, 2.24) is 0 Å². The molecule has 0 heterocycles. The maximum absolute atomic E-state index is 12.0. The molecule has 0 aliphatic heterocycles. The normalized spacial score (nSPS) is 15.3. The molecule has 0 unspecified atom stereocenters. The Labute approximate surface area is 118 Å². The molecule has 1 aliphatic rings. The first-order chi connectivity index (χ1) is 9.51. The maximum Gasteiger partial charge on any atom is 0.309 e. The highest BCUT2D eigenvalue weighted by Crippen LogP contribution is 2.30. The summed E-state index contributed by atoms with van der Waals surface area (Å²) in [5.41, 5.74) is 1.58. The van der Waals surface area contributed by atoms with Gasteiger partial charge < -0.3 is 14.8 Å². The fourth-order valence-corrected chi connectivity index (χ4v) is 1.80. The Morgan fingerprint density at radius 2 is 2.05 bits per heavy atom. The lowest BCUT2D eigenvalue weighted by Gasteiger charge is -2.15. The molecule has 0 saturated heterocycles. The first kappa shape index (κ1) is 14.4. The molecule has 5 heteroatoms. The average Bonchev–Trinajstić information content (AvgIpc) is 3.23. The highest BCUT2D eigenvalue weighted by atomic mass is 16.5. The van der Waals surface area contributed by atoms with Crippen LogP contribution >= 0.6 is 0 Å². The summed E-state index contributed by atoms with van der Waals surface area (Å²) < 4.78 is 10.3. The fourth-order valence-electron chi connectivity index (χ4n) is 1.80. The van der Waals surface area contributed by atoms with Gasteiger partial charge in [-0.25, -0.2) is 0 Å². The van der Waals surface area contributed by atoms with E-state index in [2.05, 4.69) is 5.32 Å². The molecule has 0 spiro atoms. The van der Waals surface area contributed by atoms with Crippen molar-refractivity contribution in [2.75, 3.05) is 12.4 Å². The molecular weight excluding hydrogens is 258 g/mol. The minimum absolute atomic E-state index is 0.0150. The second-order valence-corrected chi connectivity index (χ2v) is 5.05. The molecule has 0 radical (unpaired) electrons. The molecule has 1 N–H and O–H groups in total. The minimum atomic E-state index is -0.812. The van der Waals surface area contributed by atoms with Gasteiger partial charge in [0.15, 0.2) is 6.10 Å². The van der Waals surface area contributed by atoms with E-state index in [1.807, 2.05) is 19.1 Å². The topological polar surface area (TPSA) is 64.6 Å². The van der Waals surface area contributed by atoms with E-state index in [-0.39, 0.29) is 17.8 Å². The summed E-state index contributed by atoms with van der Waals surface area (Å²) in [5, 5.41) is 2.73. The summed E-state index contributed by atoms with van der Waals surface area (Å²) in [4.78, 5) is 23.5. The second-order valence-electron chi connectivity index (χ2n) is 5.05. The maximum atomic E-state index is 12.0. The summed E-state index contributed by atoms with van der Waals surface area (Å²) in [6, 6.07) is 5.49. The van der Waals surface area contributed by atoms with Gasteiger partial charge in [0.1, 0.15) is 5.75 Å². The van der Waals surface area contributed by atoms with E-state index in [0.29, 0.717) is 11.4 Å². The Bertz CT molecular complexity index is 523. The van der Waals surface area contributed by atoms with Gasteiger partial charge >= 0.3 is 5.97 Å². The number of carbonyl (C=O) groups excluding carboxylic acids is 2. The third kappa shape index (κ3) is 3.50. The number of esters is 1. The number of aryl methyl sites for hydroxylation is 1. The first-order valence-electron chi connectivity index (χ1n) is 6.67. The van der Waals surface area contributed by atoms with Gasteiger partial charge in [-0.2, -0.15) is 0 Å². The SMILES string of the molecule is COc1ccc(C)cc1NC(=O)[C@H](C)OC(=O)C1CC1. The molecule has 1 atom stereocenters. The van der Waals surface area contributed by atoms with Crippen LogP contribution in [0.5, 0.6) is 5.75 Å². The van der Waals surface area contributed by atoms with E-state index in [9.17, 15) is 9.59 Å². The third-order valence-electron chi connectivity index (χ3n) is 3.19. The number of carbonyl (C=O) groups is 2. The lowest BCUT2D eigenvalue weighted by atomic mass is 10.2. The number of benzene rings is 1. The van der Waals surface area contributed by atoms with E-state index in [1.165, 1.54) is 7.11 Å². The summed E-state index contributed by atoms with van der Waals surface area (Å²) in [6.07, 6.45) is 0.908. The van der Waals surface area contributed by atoms with E-state index >= 15 is 0 Å². The van der Waals surface area contributed by atoms with Crippen molar-refractivity contribution in [2.24, 2.45) is 5.92 Å². The second kappa shape index (κ2) is 5.94. The van der Waals surface area contributed by atoms with Gasteiger partial charge in [-0.15, -0.1) is 0 Å². The number of methoxy groups -OCH3 is 1. The van der Waals surface area contributed by atoms with Gasteiger partial charge in [-0.1, -0.05) is 6.07 Å². The van der Waals surface area contributed by atoms with Crippen LogP contribution in [-0.4, -0.2) is 25.1 Å². The van der Waals surface area contributed by atoms with Crippen LogP contribution in [0.15, 0.2) is 18.2 Å². The van der Waals surface area contributed by atoms with Crippen LogP contribution < -0.4 is 10.1 Å². The van der Waals surface area contributed by atoms with Gasteiger partial charge in [-0.05, 0) is 44.4 Å². The number of hydrogen-bond acceptors (Lipinski definition) is 4. The molecule has 1 amide bonds. The van der Waals surface area contributed by atoms with Crippen LogP contribution in [0.3, 0.4) is 0 Å². The predicted octanol–water partition coefficient (Wildman–Crippen LogP) is 2.28.